The minimum Gasteiger partial charge on any atom is -0.493 e. The highest BCUT2D eigenvalue weighted by molar-refractivity contribution is 5.43. The third-order valence-electron chi connectivity index (χ3n) is 2.24. The monoisotopic (exact) mass is 224 g/mol. The van der Waals surface area contributed by atoms with Gasteiger partial charge in [-0.1, -0.05) is 19.9 Å². The van der Waals surface area contributed by atoms with E-state index in [0.29, 0.717) is 24.0 Å². The Labute approximate surface area is 97.0 Å². The molecular weight excluding hydrogens is 204 g/mol. The molecule has 0 saturated heterocycles. The number of aliphatic hydroxyl groups excluding tert-OH is 1. The average Bonchev–Trinajstić information content (AvgIpc) is 2.25. The number of ether oxygens (including phenoxy) is 2. The van der Waals surface area contributed by atoms with E-state index in [2.05, 4.69) is 13.8 Å². The molecular formula is C13H20O3. The summed E-state index contributed by atoms with van der Waals surface area (Å²) in [7, 11) is 1.61. The Morgan fingerprint density at radius 1 is 1.19 bits per heavy atom. The third-order valence-corrected chi connectivity index (χ3v) is 2.24. The largest absolute Gasteiger partial charge is 0.493 e. The van der Waals surface area contributed by atoms with E-state index in [0.717, 1.165) is 5.56 Å². The number of hydrogen-bond donors (Lipinski definition) is 1. The fourth-order valence-corrected chi connectivity index (χ4v) is 1.32. The average molecular weight is 224 g/mol. The lowest BCUT2D eigenvalue weighted by Crippen LogP contribution is -2.06. The molecule has 1 N–H and O–H groups in total. The molecule has 1 rings (SSSR count). The third kappa shape index (κ3) is 3.42. The summed E-state index contributed by atoms with van der Waals surface area (Å²) < 4.78 is 10.8. The summed E-state index contributed by atoms with van der Waals surface area (Å²) in [6.07, 6.45) is -0.493. The maximum Gasteiger partial charge on any atom is 0.161 e. The van der Waals surface area contributed by atoms with Crippen LogP contribution in [0.25, 0.3) is 0 Å². The molecule has 0 amide bonds. The minimum absolute atomic E-state index is 0.458. The van der Waals surface area contributed by atoms with Crippen LogP contribution in [-0.4, -0.2) is 18.8 Å². The lowest BCUT2D eigenvalue weighted by molar-refractivity contribution is 0.197. The highest BCUT2D eigenvalue weighted by Gasteiger charge is 2.09. The Hall–Kier alpha value is -1.22. The van der Waals surface area contributed by atoms with Gasteiger partial charge in [0.1, 0.15) is 0 Å². The van der Waals surface area contributed by atoms with Crippen LogP contribution in [0.4, 0.5) is 0 Å². The highest BCUT2D eigenvalue weighted by atomic mass is 16.5. The number of aliphatic hydroxyl groups is 1. The molecule has 0 radical (unpaired) electrons. The van der Waals surface area contributed by atoms with Gasteiger partial charge in [0.15, 0.2) is 11.5 Å². The van der Waals surface area contributed by atoms with Crippen LogP contribution in [0.3, 0.4) is 0 Å². The second-order valence-electron chi connectivity index (χ2n) is 4.29. The summed E-state index contributed by atoms with van der Waals surface area (Å²) in [5, 5.41) is 9.49. The number of benzene rings is 1. The molecule has 3 heteroatoms. The molecule has 3 nitrogen and oxygen atoms in total. The van der Waals surface area contributed by atoms with E-state index >= 15 is 0 Å². The van der Waals surface area contributed by atoms with Gasteiger partial charge in [-0.25, -0.2) is 0 Å². The summed E-state index contributed by atoms with van der Waals surface area (Å²) >= 11 is 0. The van der Waals surface area contributed by atoms with Crippen molar-refractivity contribution in [2.45, 2.75) is 26.9 Å². The maximum absolute atomic E-state index is 9.49. The van der Waals surface area contributed by atoms with E-state index in [4.69, 9.17) is 9.47 Å². The van der Waals surface area contributed by atoms with Gasteiger partial charge in [-0.05, 0) is 30.5 Å². The molecule has 0 bridgehead atoms. The van der Waals surface area contributed by atoms with E-state index in [1.165, 1.54) is 0 Å². The van der Waals surface area contributed by atoms with Crippen LogP contribution in [0.15, 0.2) is 18.2 Å². The lowest BCUT2D eigenvalue weighted by Gasteiger charge is -2.14. The maximum atomic E-state index is 9.49. The van der Waals surface area contributed by atoms with Gasteiger partial charge in [0, 0.05) is 0 Å². The van der Waals surface area contributed by atoms with Gasteiger partial charge in [0.05, 0.1) is 19.8 Å². The van der Waals surface area contributed by atoms with E-state index in [-0.39, 0.29) is 0 Å². The summed E-state index contributed by atoms with van der Waals surface area (Å²) in [5.74, 6) is 1.85. The van der Waals surface area contributed by atoms with Crippen LogP contribution in [-0.2, 0) is 0 Å². The zero-order chi connectivity index (χ0) is 12.1. The second kappa shape index (κ2) is 5.75. The number of methoxy groups -OCH3 is 1. The van der Waals surface area contributed by atoms with Crippen molar-refractivity contribution < 1.29 is 14.6 Å². The topological polar surface area (TPSA) is 38.7 Å². The lowest BCUT2D eigenvalue weighted by atomic mass is 10.1. The van der Waals surface area contributed by atoms with Crippen LogP contribution in [0.2, 0.25) is 0 Å². The Morgan fingerprint density at radius 3 is 2.38 bits per heavy atom. The predicted molar refractivity (Wildman–Crippen MR) is 64.0 cm³/mol. The molecule has 0 saturated carbocycles. The van der Waals surface area contributed by atoms with E-state index in [1.54, 1.807) is 14.0 Å². The first kappa shape index (κ1) is 12.8. The molecule has 16 heavy (non-hydrogen) atoms. The summed E-state index contributed by atoms with van der Waals surface area (Å²) in [5.41, 5.74) is 0.833. The van der Waals surface area contributed by atoms with Gasteiger partial charge in [-0.15, -0.1) is 0 Å². The SMILES string of the molecule is COc1ccc([C@H](C)O)cc1OCC(C)C. The van der Waals surface area contributed by atoms with Crippen molar-refractivity contribution in [3.63, 3.8) is 0 Å². The molecule has 0 aliphatic carbocycles. The summed E-state index contributed by atoms with van der Waals surface area (Å²) in [6.45, 7) is 6.55. The van der Waals surface area contributed by atoms with Crippen molar-refractivity contribution in [2.24, 2.45) is 5.92 Å². The standard InChI is InChI=1S/C13H20O3/c1-9(2)8-16-13-7-11(10(3)14)5-6-12(13)15-4/h5-7,9-10,14H,8H2,1-4H3/t10-/m0/s1. The molecule has 0 aliphatic heterocycles. The van der Waals surface area contributed by atoms with Crippen LogP contribution < -0.4 is 9.47 Å². The van der Waals surface area contributed by atoms with Crippen molar-refractivity contribution in [1.29, 1.82) is 0 Å². The molecule has 0 aromatic heterocycles. The van der Waals surface area contributed by atoms with Crippen LogP contribution >= 0.6 is 0 Å². The Balaban J connectivity index is 2.88. The number of hydrogen-bond acceptors (Lipinski definition) is 3. The highest BCUT2D eigenvalue weighted by Crippen LogP contribution is 2.30. The van der Waals surface area contributed by atoms with E-state index < -0.39 is 6.10 Å². The van der Waals surface area contributed by atoms with Crippen molar-refractivity contribution in [3.8, 4) is 11.5 Å². The zero-order valence-corrected chi connectivity index (χ0v) is 10.4. The van der Waals surface area contributed by atoms with Gasteiger partial charge < -0.3 is 14.6 Å². The van der Waals surface area contributed by atoms with Crippen molar-refractivity contribution >= 4 is 0 Å². The number of rotatable bonds is 5. The van der Waals surface area contributed by atoms with Crippen molar-refractivity contribution in [1.82, 2.24) is 0 Å². The van der Waals surface area contributed by atoms with Crippen LogP contribution in [0.5, 0.6) is 11.5 Å². The Morgan fingerprint density at radius 2 is 1.88 bits per heavy atom. The van der Waals surface area contributed by atoms with Gasteiger partial charge in [0.25, 0.3) is 0 Å². The Kier molecular flexibility index (Phi) is 4.62. The molecule has 0 unspecified atom stereocenters. The molecule has 1 aromatic rings. The van der Waals surface area contributed by atoms with Gasteiger partial charge in [-0.3, -0.25) is 0 Å². The molecule has 0 spiro atoms. The normalized spacial score (nSPS) is 12.6. The predicted octanol–water partition coefficient (Wildman–Crippen LogP) is 2.78. The van der Waals surface area contributed by atoms with Crippen molar-refractivity contribution in [3.05, 3.63) is 23.8 Å². The molecule has 1 aromatic carbocycles. The Bertz CT molecular complexity index is 332. The van der Waals surface area contributed by atoms with Gasteiger partial charge in [-0.2, -0.15) is 0 Å². The molecule has 90 valence electrons. The fraction of sp³-hybridized carbons (Fsp3) is 0.538. The fourth-order valence-electron chi connectivity index (χ4n) is 1.32. The molecule has 0 heterocycles. The van der Waals surface area contributed by atoms with Crippen molar-refractivity contribution in [2.75, 3.05) is 13.7 Å². The smallest absolute Gasteiger partial charge is 0.161 e. The minimum atomic E-state index is -0.493. The first-order chi connectivity index (χ1) is 7.54. The first-order valence-corrected chi connectivity index (χ1v) is 5.53. The van der Waals surface area contributed by atoms with Crippen LogP contribution in [0.1, 0.15) is 32.4 Å². The summed E-state index contributed by atoms with van der Waals surface area (Å²) in [4.78, 5) is 0. The second-order valence-corrected chi connectivity index (χ2v) is 4.29. The van der Waals surface area contributed by atoms with Crippen LogP contribution in [0, 0.1) is 5.92 Å². The van der Waals surface area contributed by atoms with Gasteiger partial charge >= 0.3 is 0 Å². The zero-order valence-electron chi connectivity index (χ0n) is 10.4. The van der Waals surface area contributed by atoms with E-state index in [1.807, 2.05) is 18.2 Å². The molecule has 1 atom stereocenters. The first-order valence-electron chi connectivity index (χ1n) is 5.53. The quantitative estimate of drug-likeness (QED) is 0.835. The van der Waals surface area contributed by atoms with E-state index in [9.17, 15) is 5.11 Å². The molecule has 0 fully saturated rings. The van der Waals surface area contributed by atoms with Gasteiger partial charge in [0.2, 0.25) is 0 Å². The summed E-state index contributed by atoms with van der Waals surface area (Å²) in [6, 6.07) is 5.48. The molecule has 0 aliphatic rings.